The quantitative estimate of drug-likeness (QED) is 0.917. The van der Waals surface area contributed by atoms with E-state index < -0.39 is 23.7 Å². The maximum Gasteiger partial charge on any atom is 0.411 e. The predicted molar refractivity (Wildman–Crippen MR) is 89.3 cm³/mol. The fourth-order valence-electron chi connectivity index (χ4n) is 2.94. The summed E-state index contributed by atoms with van der Waals surface area (Å²) in [5, 5.41) is 9.55. The third-order valence-corrected chi connectivity index (χ3v) is 4.08. The van der Waals surface area contributed by atoms with Crippen LogP contribution in [0.25, 0.3) is 0 Å². The molecule has 1 aromatic rings. The minimum Gasteiger partial charge on any atom is -0.497 e. The Balaban J connectivity index is 2.15. The number of rotatable bonds is 3. The second kappa shape index (κ2) is 7.11. The number of hydrogen-bond donors (Lipinski definition) is 1. The molecular formula is C18H25NO5. The van der Waals surface area contributed by atoms with Crippen LogP contribution in [-0.2, 0) is 9.53 Å². The third kappa shape index (κ3) is 4.40. The highest BCUT2D eigenvalue weighted by molar-refractivity contribution is 5.80. The van der Waals surface area contributed by atoms with Gasteiger partial charge in [-0.2, -0.15) is 0 Å². The molecule has 1 amide bonds. The molecule has 0 bridgehead atoms. The van der Waals surface area contributed by atoms with E-state index in [0.717, 1.165) is 11.3 Å². The number of carboxylic acid groups (broad SMARTS) is 1. The van der Waals surface area contributed by atoms with E-state index in [0.29, 0.717) is 19.4 Å². The topological polar surface area (TPSA) is 76.1 Å². The molecule has 0 aromatic heterocycles. The van der Waals surface area contributed by atoms with Crippen molar-refractivity contribution >= 4 is 12.1 Å². The van der Waals surface area contributed by atoms with Crippen LogP contribution in [0.3, 0.4) is 0 Å². The zero-order valence-electron chi connectivity index (χ0n) is 14.6. The summed E-state index contributed by atoms with van der Waals surface area (Å²) >= 11 is 0. The van der Waals surface area contributed by atoms with Crippen LogP contribution in [0, 0.1) is 0 Å². The minimum atomic E-state index is -1.01. The van der Waals surface area contributed by atoms with Crippen molar-refractivity contribution in [3.05, 3.63) is 29.8 Å². The molecule has 0 saturated carbocycles. The van der Waals surface area contributed by atoms with Crippen LogP contribution in [-0.4, -0.2) is 47.4 Å². The van der Waals surface area contributed by atoms with Gasteiger partial charge in [0.05, 0.1) is 7.11 Å². The Bertz CT molecular complexity index is 608. The molecule has 1 heterocycles. The lowest BCUT2D eigenvalue weighted by molar-refractivity contribution is -0.144. The molecule has 6 nitrogen and oxygen atoms in total. The number of methoxy groups -OCH3 is 1. The van der Waals surface area contributed by atoms with Crippen molar-refractivity contribution < 1.29 is 24.2 Å². The Morgan fingerprint density at radius 1 is 1.29 bits per heavy atom. The van der Waals surface area contributed by atoms with Crippen LogP contribution in [0.15, 0.2) is 24.3 Å². The Labute approximate surface area is 142 Å². The summed E-state index contributed by atoms with van der Waals surface area (Å²) in [6, 6.07) is 6.75. The monoisotopic (exact) mass is 335 g/mol. The number of benzene rings is 1. The van der Waals surface area contributed by atoms with Crippen LogP contribution in [0.2, 0.25) is 0 Å². The van der Waals surface area contributed by atoms with Gasteiger partial charge in [-0.05, 0) is 57.2 Å². The molecule has 0 radical (unpaired) electrons. The fourth-order valence-corrected chi connectivity index (χ4v) is 2.94. The maximum absolute atomic E-state index is 12.3. The second-order valence-corrected chi connectivity index (χ2v) is 7.03. The zero-order valence-corrected chi connectivity index (χ0v) is 14.6. The SMILES string of the molecule is COc1cccc(C2CCN(C(=O)OC(C)(C)C)C(C(=O)O)C2)c1. The third-order valence-electron chi connectivity index (χ3n) is 4.08. The van der Waals surface area contributed by atoms with Gasteiger partial charge >= 0.3 is 12.1 Å². The molecule has 1 aromatic carbocycles. The molecule has 2 rings (SSSR count). The Hall–Kier alpha value is -2.24. The summed E-state index contributed by atoms with van der Waals surface area (Å²) in [7, 11) is 1.60. The second-order valence-electron chi connectivity index (χ2n) is 7.03. The molecule has 2 unspecified atom stereocenters. The molecule has 1 N–H and O–H groups in total. The van der Waals surface area contributed by atoms with Gasteiger partial charge in [-0.1, -0.05) is 12.1 Å². The van der Waals surface area contributed by atoms with Crippen molar-refractivity contribution in [2.24, 2.45) is 0 Å². The van der Waals surface area contributed by atoms with E-state index in [4.69, 9.17) is 9.47 Å². The first-order valence-electron chi connectivity index (χ1n) is 8.07. The number of carboxylic acids is 1. The maximum atomic E-state index is 12.3. The van der Waals surface area contributed by atoms with Gasteiger partial charge in [0, 0.05) is 6.54 Å². The van der Waals surface area contributed by atoms with E-state index >= 15 is 0 Å². The van der Waals surface area contributed by atoms with Crippen molar-refractivity contribution in [3.8, 4) is 5.75 Å². The van der Waals surface area contributed by atoms with Gasteiger partial charge in [0.1, 0.15) is 17.4 Å². The van der Waals surface area contributed by atoms with Crippen LogP contribution < -0.4 is 4.74 Å². The minimum absolute atomic E-state index is 0.0693. The number of piperidine rings is 1. The Morgan fingerprint density at radius 3 is 2.58 bits per heavy atom. The van der Waals surface area contributed by atoms with Crippen molar-refractivity contribution in [1.82, 2.24) is 4.90 Å². The van der Waals surface area contributed by atoms with Gasteiger partial charge in [-0.3, -0.25) is 4.90 Å². The van der Waals surface area contributed by atoms with Crippen molar-refractivity contribution in [2.45, 2.75) is 51.2 Å². The predicted octanol–water partition coefficient (Wildman–Crippen LogP) is 3.26. The highest BCUT2D eigenvalue weighted by atomic mass is 16.6. The number of carbonyl (C=O) groups is 2. The van der Waals surface area contributed by atoms with E-state index in [1.54, 1.807) is 27.9 Å². The number of aliphatic carboxylic acids is 1. The number of hydrogen-bond acceptors (Lipinski definition) is 4. The lowest BCUT2D eigenvalue weighted by Crippen LogP contribution is -2.51. The average molecular weight is 335 g/mol. The molecule has 0 spiro atoms. The van der Waals surface area contributed by atoms with Gasteiger partial charge in [-0.15, -0.1) is 0 Å². The summed E-state index contributed by atoms with van der Waals surface area (Å²) in [6.45, 7) is 5.66. The molecule has 132 valence electrons. The van der Waals surface area contributed by atoms with E-state index in [2.05, 4.69) is 0 Å². The lowest BCUT2D eigenvalue weighted by Gasteiger charge is -2.38. The summed E-state index contributed by atoms with van der Waals surface area (Å²) in [5.41, 5.74) is 0.383. The highest BCUT2D eigenvalue weighted by Gasteiger charge is 2.38. The number of amides is 1. The molecule has 6 heteroatoms. The molecular weight excluding hydrogens is 310 g/mol. The Morgan fingerprint density at radius 2 is 2.00 bits per heavy atom. The molecule has 1 aliphatic rings. The first-order valence-corrected chi connectivity index (χ1v) is 8.07. The zero-order chi connectivity index (χ0) is 17.9. The summed E-state index contributed by atoms with van der Waals surface area (Å²) in [6.07, 6.45) is 0.483. The Kier molecular flexibility index (Phi) is 5.36. The van der Waals surface area contributed by atoms with E-state index in [9.17, 15) is 14.7 Å². The van der Waals surface area contributed by atoms with Gasteiger partial charge < -0.3 is 14.6 Å². The highest BCUT2D eigenvalue weighted by Crippen LogP contribution is 2.34. The molecule has 1 aliphatic heterocycles. The van der Waals surface area contributed by atoms with E-state index in [-0.39, 0.29) is 5.92 Å². The molecule has 2 atom stereocenters. The van der Waals surface area contributed by atoms with Crippen LogP contribution >= 0.6 is 0 Å². The normalized spacial score (nSPS) is 21.2. The number of ether oxygens (including phenoxy) is 2. The number of carbonyl (C=O) groups excluding carboxylic acids is 1. The van der Waals surface area contributed by atoms with E-state index in [1.807, 2.05) is 24.3 Å². The van der Waals surface area contributed by atoms with Crippen molar-refractivity contribution in [3.63, 3.8) is 0 Å². The standard InChI is InChI=1S/C18H25NO5/c1-18(2,3)24-17(22)19-9-8-13(11-15(19)16(20)21)12-6-5-7-14(10-12)23-4/h5-7,10,13,15H,8-9,11H2,1-4H3,(H,20,21). The molecule has 1 saturated heterocycles. The smallest absolute Gasteiger partial charge is 0.411 e. The average Bonchev–Trinajstić information content (AvgIpc) is 2.52. The van der Waals surface area contributed by atoms with E-state index in [1.165, 1.54) is 4.90 Å². The van der Waals surface area contributed by atoms with Crippen molar-refractivity contribution in [1.29, 1.82) is 0 Å². The number of likely N-dealkylation sites (tertiary alicyclic amines) is 1. The summed E-state index contributed by atoms with van der Waals surface area (Å²) < 4.78 is 10.6. The van der Waals surface area contributed by atoms with Gasteiger partial charge in [0.2, 0.25) is 0 Å². The molecule has 24 heavy (non-hydrogen) atoms. The summed E-state index contributed by atoms with van der Waals surface area (Å²) in [4.78, 5) is 25.3. The fraction of sp³-hybridized carbons (Fsp3) is 0.556. The van der Waals surface area contributed by atoms with Gasteiger partial charge in [0.15, 0.2) is 0 Å². The number of nitrogens with zero attached hydrogens (tertiary/aromatic N) is 1. The van der Waals surface area contributed by atoms with Crippen LogP contribution in [0.4, 0.5) is 4.79 Å². The van der Waals surface area contributed by atoms with Gasteiger partial charge in [-0.25, -0.2) is 9.59 Å². The largest absolute Gasteiger partial charge is 0.497 e. The van der Waals surface area contributed by atoms with Crippen LogP contribution in [0.1, 0.15) is 45.1 Å². The first-order chi connectivity index (χ1) is 11.2. The molecule has 1 fully saturated rings. The van der Waals surface area contributed by atoms with Gasteiger partial charge in [0.25, 0.3) is 0 Å². The van der Waals surface area contributed by atoms with Crippen molar-refractivity contribution in [2.75, 3.05) is 13.7 Å². The summed E-state index contributed by atoms with van der Waals surface area (Å²) in [5.74, 6) is -0.192. The first kappa shape index (κ1) is 18.1. The van der Waals surface area contributed by atoms with Crippen LogP contribution in [0.5, 0.6) is 5.75 Å². The molecule has 0 aliphatic carbocycles. The lowest BCUT2D eigenvalue weighted by atomic mass is 9.85.